The number of nitrogens with two attached hydrogens (primary N) is 1. The van der Waals surface area contributed by atoms with Crippen LogP contribution in [0.1, 0.15) is 34.7 Å². The van der Waals surface area contributed by atoms with E-state index in [9.17, 15) is 4.39 Å². The van der Waals surface area contributed by atoms with Crippen LogP contribution in [0.15, 0.2) is 36.4 Å². The van der Waals surface area contributed by atoms with E-state index in [-0.39, 0.29) is 17.6 Å². The van der Waals surface area contributed by atoms with Gasteiger partial charge in [0.2, 0.25) is 0 Å². The molecule has 0 spiro atoms. The van der Waals surface area contributed by atoms with Crippen LogP contribution in [0.25, 0.3) is 0 Å². The van der Waals surface area contributed by atoms with Gasteiger partial charge in [-0.3, -0.25) is 0 Å². The second-order valence-electron chi connectivity index (χ2n) is 5.66. The first kappa shape index (κ1) is 14.1. The molecule has 0 heterocycles. The lowest BCUT2D eigenvalue weighted by Gasteiger charge is -2.14. The quantitative estimate of drug-likeness (QED) is 0.932. The third kappa shape index (κ3) is 2.93. The molecule has 21 heavy (non-hydrogen) atoms. The van der Waals surface area contributed by atoms with Crippen molar-refractivity contribution in [2.24, 2.45) is 5.73 Å². The highest BCUT2D eigenvalue weighted by molar-refractivity contribution is 5.37. The maximum Gasteiger partial charge on any atom is 0.165 e. The van der Waals surface area contributed by atoms with E-state index >= 15 is 0 Å². The first-order valence-corrected chi connectivity index (χ1v) is 7.37. The average molecular weight is 285 g/mol. The van der Waals surface area contributed by atoms with Crippen LogP contribution in [0.2, 0.25) is 0 Å². The second-order valence-corrected chi connectivity index (χ2v) is 5.66. The van der Waals surface area contributed by atoms with E-state index in [1.54, 1.807) is 12.1 Å². The van der Waals surface area contributed by atoms with Gasteiger partial charge in [0.25, 0.3) is 0 Å². The fourth-order valence-electron chi connectivity index (χ4n) is 3.03. The lowest BCUT2D eigenvalue weighted by Crippen LogP contribution is -2.13. The zero-order chi connectivity index (χ0) is 14.8. The summed E-state index contributed by atoms with van der Waals surface area (Å²) in [6, 6.07) is 11.3. The summed E-state index contributed by atoms with van der Waals surface area (Å²) in [4.78, 5) is 0. The fourth-order valence-corrected chi connectivity index (χ4v) is 3.03. The van der Waals surface area contributed by atoms with Crippen molar-refractivity contribution < 1.29 is 9.13 Å². The highest BCUT2D eigenvalue weighted by Crippen LogP contribution is 2.26. The van der Waals surface area contributed by atoms with Gasteiger partial charge in [0.05, 0.1) is 7.11 Å². The SMILES string of the molecule is COc1cc(C(N)Cc2ccc3c(c2)CCC3)ccc1F. The predicted molar refractivity (Wildman–Crippen MR) is 82.1 cm³/mol. The molecular weight excluding hydrogens is 265 g/mol. The molecular formula is C18H20FNO. The number of methoxy groups -OCH3 is 1. The van der Waals surface area contributed by atoms with Crippen molar-refractivity contribution >= 4 is 0 Å². The summed E-state index contributed by atoms with van der Waals surface area (Å²) >= 11 is 0. The normalized spacial score (nSPS) is 14.8. The number of fused-ring (bicyclic) bond motifs is 1. The molecule has 0 saturated heterocycles. The summed E-state index contributed by atoms with van der Waals surface area (Å²) < 4.78 is 18.5. The van der Waals surface area contributed by atoms with Gasteiger partial charge in [-0.15, -0.1) is 0 Å². The number of aryl methyl sites for hydroxylation is 2. The van der Waals surface area contributed by atoms with Gasteiger partial charge in [0.15, 0.2) is 11.6 Å². The molecule has 3 rings (SSSR count). The third-order valence-electron chi connectivity index (χ3n) is 4.22. The topological polar surface area (TPSA) is 35.2 Å². The van der Waals surface area contributed by atoms with E-state index in [4.69, 9.17) is 10.5 Å². The Morgan fingerprint density at radius 1 is 1.14 bits per heavy atom. The summed E-state index contributed by atoms with van der Waals surface area (Å²) in [7, 11) is 1.47. The van der Waals surface area contributed by atoms with Gasteiger partial charge in [0.1, 0.15) is 0 Å². The van der Waals surface area contributed by atoms with Gasteiger partial charge in [0, 0.05) is 6.04 Å². The Kier molecular flexibility index (Phi) is 3.93. The molecule has 0 bridgehead atoms. The molecule has 3 heteroatoms. The largest absolute Gasteiger partial charge is 0.494 e. The van der Waals surface area contributed by atoms with Gasteiger partial charge < -0.3 is 10.5 Å². The van der Waals surface area contributed by atoms with E-state index in [0.717, 1.165) is 12.0 Å². The van der Waals surface area contributed by atoms with Gasteiger partial charge in [-0.1, -0.05) is 24.3 Å². The molecule has 0 fully saturated rings. The number of ether oxygens (including phenoxy) is 1. The highest BCUT2D eigenvalue weighted by Gasteiger charge is 2.14. The molecule has 0 aromatic heterocycles. The number of hydrogen-bond acceptors (Lipinski definition) is 2. The van der Waals surface area contributed by atoms with Crippen molar-refractivity contribution in [3.63, 3.8) is 0 Å². The molecule has 110 valence electrons. The summed E-state index contributed by atoms with van der Waals surface area (Å²) in [5.41, 5.74) is 11.3. The molecule has 0 aliphatic heterocycles. The third-order valence-corrected chi connectivity index (χ3v) is 4.22. The van der Waals surface area contributed by atoms with Gasteiger partial charge in [-0.25, -0.2) is 4.39 Å². The molecule has 2 nitrogen and oxygen atoms in total. The molecule has 0 amide bonds. The maximum atomic E-state index is 13.4. The van der Waals surface area contributed by atoms with Crippen LogP contribution in [-0.4, -0.2) is 7.11 Å². The molecule has 0 radical (unpaired) electrons. The van der Waals surface area contributed by atoms with Crippen molar-refractivity contribution in [3.8, 4) is 5.75 Å². The van der Waals surface area contributed by atoms with Crippen molar-refractivity contribution in [3.05, 3.63) is 64.5 Å². The Morgan fingerprint density at radius 2 is 1.95 bits per heavy atom. The van der Waals surface area contributed by atoms with Gasteiger partial charge in [-0.05, 0) is 60.1 Å². The molecule has 0 saturated carbocycles. The Hall–Kier alpha value is -1.87. The number of rotatable bonds is 4. The lowest BCUT2D eigenvalue weighted by atomic mass is 9.97. The average Bonchev–Trinajstić information content (AvgIpc) is 2.95. The van der Waals surface area contributed by atoms with E-state index in [1.165, 1.54) is 49.1 Å². The Balaban J connectivity index is 1.78. The minimum absolute atomic E-state index is 0.154. The summed E-state index contributed by atoms with van der Waals surface area (Å²) in [5, 5.41) is 0. The molecule has 2 aromatic carbocycles. The predicted octanol–water partition coefficient (Wildman–Crippen LogP) is 3.57. The lowest BCUT2D eigenvalue weighted by molar-refractivity contribution is 0.385. The van der Waals surface area contributed by atoms with Crippen LogP contribution in [0.5, 0.6) is 5.75 Å². The summed E-state index contributed by atoms with van der Waals surface area (Å²) in [6.07, 6.45) is 4.36. The first-order chi connectivity index (χ1) is 10.2. The highest BCUT2D eigenvalue weighted by atomic mass is 19.1. The molecule has 2 N–H and O–H groups in total. The number of halogens is 1. The maximum absolute atomic E-state index is 13.4. The van der Waals surface area contributed by atoms with Crippen molar-refractivity contribution in [1.29, 1.82) is 0 Å². The molecule has 1 atom stereocenters. The number of hydrogen-bond donors (Lipinski definition) is 1. The van der Waals surface area contributed by atoms with E-state index in [0.29, 0.717) is 0 Å². The van der Waals surface area contributed by atoms with E-state index in [2.05, 4.69) is 18.2 Å². The van der Waals surface area contributed by atoms with E-state index in [1.807, 2.05) is 0 Å². The zero-order valence-corrected chi connectivity index (χ0v) is 12.2. The fraction of sp³-hybridized carbons (Fsp3) is 0.333. The van der Waals surface area contributed by atoms with Crippen LogP contribution in [0, 0.1) is 5.82 Å². The summed E-state index contributed by atoms with van der Waals surface area (Å²) in [6.45, 7) is 0. The minimum atomic E-state index is -0.356. The standard InChI is InChI=1S/C18H20FNO/c1-21-18-11-15(7-8-16(18)19)17(20)10-12-5-6-13-3-2-4-14(13)9-12/h5-9,11,17H,2-4,10,20H2,1H3. The van der Waals surface area contributed by atoms with Crippen LogP contribution in [-0.2, 0) is 19.3 Å². The van der Waals surface area contributed by atoms with Crippen molar-refractivity contribution in [2.45, 2.75) is 31.7 Å². The molecule has 2 aromatic rings. The Bertz CT molecular complexity index is 654. The minimum Gasteiger partial charge on any atom is -0.494 e. The summed E-state index contributed by atoms with van der Waals surface area (Å²) in [5.74, 6) is -0.108. The molecule has 1 unspecified atom stereocenters. The molecule has 1 aliphatic carbocycles. The van der Waals surface area contributed by atoms with Crippen LogP contribution >= 0.6 is 0 Å². The van der Waals surface area contributed by atoms with Gasteiger partial charge >= 0.3 is 0 Å². The monoisotopic (exact) mass is 285 g/mol. The van der Waals surface area contributed by atoms with Gasteiger partial charge in [-0.2, -0.15) is 0 Å². The zero-order valence-electron chi connectivity index (χ0n) is 12.2. The second kappa shape index (κ2) is 5.86. The molecule has 1 aliphatic rings. The Labute approximate surface area is 124 Å². The first-order valence-electron chi connectivity index (χ1n) is 7.37. The van der Waals surface area contributed by atoms with E-state index < -0.39 is 0 Å². The van der Waals surface area contributed by atoms with Crippen LogP contribution < -0.4 is 10.5 Å². The van der Waals surface area contributed by atoms with Crippen LogP contribution in [0.3, 0.4) is 0 Å². The van der Waals surface area contributed by atoms with Crippen molar-refractivity contribution in [1.82, 2.24) is 0 Å². The smallest absolute Gasteiger partial charge is 0.165 e. The van der Waals surface area contributed by atoms with Crippen molar-refractivity contribution in [2.75, 3.05) is 7.11 Å². The van der Waals surface area contributed by atoms with Crippen LogP contribution in [0.4, 0.5) is 4.39 Å². The Morgan fingerprint density at radius 3 is 2.76 bits per heavy atom. The number of benzene rings is 2.